The van der Waals surface area contributed by atoms with E-state index in [1.807, 2.05) is 0 Å². The summed E-state index contributed by atoms with van der Waals surface area (Å²) >= 11 is 0. The minimum atomic E-state index is -4.06. The number of ketones is 2. The van der Waals surface area contributed by atoms with Crippen LogP contribution in [-0.4, -0.2) is 34.1 Å². The molecule has 0 radical (unpaired) electrons. The Balaban J connectivity index is 2.58. The van der Waals surface area contributed by atoms with Crippen LogP contribution in [-0.2, 0) is 9.36 Å². The maximum Gasteiger partial charge on any atom is 0.328 e. The number of ether oxygens (including phenoxy) is 1. The summed E-state index contributed by atoms with van der Waals surface area (Å²) in [6.07, 6.45) is -0.374. The molecule has 7 heteroatoms. The number of hydrogen-bond acceptors (Lipinski definition) is 4. The maximum absolute atomic E-state index is 11.3. The van der Waals surface area contributed by atoms with Gasteiger partial charge >= 0.3 is 7.60 Å². The molecule has 0 aliphatic heterocycles. The van der Waals surface area contributed by atoms with E-state index in [2.05, 4.69) is 0 Å². The van der Waals surface area contributed by atoms with Crippen molar-refractivity contribution >= 4 is 19.2 Å². The largest absolute Gasteiger partial charge is 0.493 e. The van der Waals surface area contributed by atoms with Gasteiger partial charge in [0, 0.05) is 12.5 Å². The van der Waals surface area contributed by atoms with Crippen LogP contribution in [0, 0.1) is 0 Å². The van der Waals surface area contributed by atoms with Gasteiger partial charge in [-0.3, -0.25) is 14.2 Å². The first-order valence-electron chi connectivity index (χ1n) is 5.12. The molecule has 6 nitrogen and oxygen atoms in total. The monoisotopic (exact) mass is 272 g/mol. The van der Waals surface area contributed by atoms with Gasteiger partial charge in [-0.25, -0.2) is 0 Å². The van der Waals surface area contributed by atoms with E-state index in [4.69, 9.17) is 14.5 Å². The smallest absolute Gasteiger partial charge is 0.328 e. The van der Waals surface area contributed by atoms with Gasteiger partial charge in [0.05, 0.1) is 12.8 Å². The predicted octanol–water partition coefficient (Wildman–Crippen LogP) is 1.01. The van der Waals surface area contributed by atoms with Crippen LogP contribution in [0.1, 0.15) is 17.3 Å². The Kier molecular flexibility index (Phi) is 4.78. The van der Waals surface area contributed by atoms with Crippen LogP contribution >= 0.6 is 7.60 Å². The van der Waals surface area contributed by atoms with E-state index >= 15 is 0 Å². The Bertz CT molecular complexity index is 487. The van der Waals surface area contributed by atoms with Crippen LogP contribution < -0.4 is 4.74 Å². The lowest BCUT2D eigenvalue weighted by molar-refractivity contribution is -0.113. The number of rotatable bonds is 6. The zero-order chi connectivity index (χ0) is 13.8. The van der Waals surface area contributed by atoms with Gasteiger partial charge in [0.1, 0.15) is 5.75 Å². The molecule has 0 unspecified atom stereocenters. The average molecular weight is 272 g/mol. The summed E-state index contributed by atoms with van der Waals surface area (Å²) in [5, 5.41) is 0. The lowest BCUT2D eigenvalue weighted by atomic mass is 10.1. The average Bonchev–Trinajstić information content (AvgIpc) is 2.27. The molecular formula is C11H13O6P. The van der Waals surface area contributed by atoms with Crippen LogP contribution in [0.2, 0.25) is 0 Å². The third kappa shape index (κ3) is 4.79. The molecule has 1 aromatic rings. The van der Waals surface area contributed by atoms with Gasteiger partial charge in [-0.2, -0.15) is 0 Å². The molecule has 0 aromatic heterocycles. The van der Waals surface area contributed by atoms with Crippen molar-refractivity contribution in [2.24, 2.45) is 0 Å². The molecule has 0 bridgehead atoms. The van der Waals surface area contributed by atoms with Crippen LogP contribution in [0.15, 0.2) is 24.3 Å². The Morgan fingerprint density at radius 2 is 1.78 bits per heavy atom. The molecule has 98 valence electrons. The van der Waals surface area contributed by atoms with Gasteiger partial charge in [-0.05, 0) is 24.3 Å². The topological polar surface area (TPSA) is 101 Å². The SMILES string of the molecule is CC(=O)C(=O)c1ccc(OCCP(=O)(O)O)cc1. The molecule has 0 heterocycles. The molecule has 0 fully saturated rings. The summed E-state index contributed by atoms with van der Waals surface area (Å²) in [6.45, 7) is 1.07. The molecule has 0 aliphatic rings. The van der Waals surface area contributed by atoms with Crippen LogP contribution in [0.3, 0.4) is 0 Å². The molecular weight excluding hydrogens is 259 g/mol. The second-order valence-corrected chi connectivity index (χ2v) is 5.42. The highest BCUT2D eigenvalue weighted by molar-refractivity contribution is 7.51. The number of carbonyl (C=O) groups is 2. The van der Waals surface area contributed by atoms with Crippen molar-refractivity contribution in [3.8, 4) is 5.75 Å². The van der Waals surface area contributed by atoms with E-state index in [1.165, 1.54) is 31.2 Å². The first kappa shape index (κ1) is 14.6. The molecule has 0 saturated carbocycles. The van der Waals surface area contributed by atoms with Crippen molar-refractivity contribution in [2.75, 3.05) is 12.8 Å². The second kappa shape index (κ2) is 5.91. The molecule has 1 aromatic carbocycles. The lowest BCUT2D eigenvalue weighted by Gasteiger charge is -2.07. The summed E-state index contributed by atoms with van der Waals surface area (Å²) in [7, 11) is -4.06. The summed E-state index contributed by atoms with van der Waals surface area (Å²) in [4.78, 5) is 39.4. The fourth-order valence-electron chi connectivity index (χ4n) is 1.19. The van der Waals surface area contributed by atoms with E-state index in [-0.39, 0.29) is 18.3 Å². The highest BCUT2D eigenvalue weighted by Crippen LogP contribution is 2.33. The van der Waals surface area contributed by atoms with Crippen LogP contribution in [0.25, 0.3) is 0 Å². The van der Waals surface area contributed by atoms with Crippen molar-refractivity contribution < 1.29 is 28.7 Å². The summed E-state index contributed by atoms with van der Waals surface area (Å²) < 4.78 is 15.7. The Morgan fingerprint density at radius 3 is 2.22 bits per heavy atom. The van der Waals surface area contributed by atoms with Crippen molar-refractivity contribution in [1.82, 2.24) is 0 Å². The number of hydrogen-bond donors (Lipinski definition) is 2. The summed E-state index contributed by atoms with van der Waals surface area (Å²) in [5.41, 5.74) is 0.254. The van der Waals surface area contributed by atoms with Gasteiger partial charge in [0.2, 0.25) is 5.78 Å². The van der Waals surface area contributed by atoms with E-state index in [1.54, 1.807) is 0 Å². The molecule has 2 N–H and O–H groups in total. The first-order chi connectivity index (χ1) is 8.29. The van der Waals surface area contributed by atoms with E-state index in [9.17, 15) is 14.2 Å². The zero-order valence-corrected chi connectivity index (χ0v) is 10.6. The lowest BCUT2D eigenvalue weighted by Crippen LogP contribution is -2.09. The van der Waals surface area contributed by atoms with Crippen LogP contribution in [0.5, 0.6) is 5.75 Å². The first-order valence-corrected chi connectivity index (χ1v) is 6.92. The molecule has 0 saturated heterocycles. The molecule has 18 heavy (non-hydrogen) atoms. The summed E-state index contributed by atoms with van der Waals surface area (Å²) in [5.74, 6) is -0.759. The van der Waals surface area contributed by atoms with E-state index in [0.717, 1.165) is 0 Å². The standard InChI is InChI=1S/C11H13O6P/c1-8(12)11(13)9-2-4-10(5-3-9)17-6-7-18(14,15)16/h2-5H,6-7H2,1H3,(H2,14,15,16). The molecule has 1 rings (SSSR count). The van der Waals surface area contributed by atoms with Crippen molar-refractivity contribution in [3.05, 3.63) is 29.8 Å². The third-order valence-electron chi connectivity index (χ3n) is 2.09. The van der Waals surface area contributed by atoms with Crippen molar-refractivity contribution in [2.45, 2.75) is 6.92 Å². The van der Waals surface area contributed by atoms with Gasteiger partial charge in [-0.15, -0.1) is 0 Å². The zero-order valence-electron chi connectivity index (χ0n) is 9.70. The van der Waals surface area contributed by atoms with E-state index in [0.29, 0.717) is 5.75 Å². The van der Waals surface area contributed by atoms with Crippen molar-refractivity contribution in [1.29, 1.82) is 0 Å². The van der Waals surface area contributed by atoms with E-state index < -0.39 is 19.2 Å². The maximum atomic E-state index is 11.3. The fraction of sp³-hybridized carbons (Fsp3) is 0.273. The predicted molar refractivity (Wildman–Crippen MR) is 63.9 cm³/mol. The number of carbonyl (C=O) groups excluding carboxylic acids is 2. The molecule has 0 aliphatic carbocycles. The number of benzene rings is 1. The highest BCUT2D eigenvalue weighted by Gasteiger charge is 2.13. The van der Waals surface area contributed by atoms with Crippen molar-refractivity contribution in [3.63, 3.8) is 0 Å². The minimum Gasteiger partial charge on any atom is -0.493 e. The fourth-order valence-corrected chi connectivity index (χ4v) is 1.52. The van der Waals surface area contributed by atoms with Crippen LogP contribution in [0.4, 0.5) is 0 Å². The normalized spacial score (nSPS) is 11.1. The Labute approximate surface area is 104 Å². The van der Waals surface area contributed by atoms with Gasteiger partial charge in [0.25, 0.3) is 0 Å². The minimum absolute atomic E-state index is 0.121. The second-order valence-electron chi connectivity index (χ2n) is 3.65. The van der Waals surface area contributed by atoms with Gasteiger partial charge in [0.15, 0.2) is 5.78 Å². The summed E-state index contributed by atoms with van der Waals surface area (Å²) in [6, 6.07) is 5.79. The third-order valence-corrected chi connectivity index (χ3v) is 2.85. The molecule has 0 amide bonds. The van der Waals surface area contributed by atoms with Gasteiger partial charge in [-0.1, -0.05) is 0 Å². The highest BCUT2D eigenvalue weighted by atomic mass is 31.2. The van der Waals surface area contributed by atoms with Gasteiger partial charge < -0.3 is 14.5 Å². The Hall–Kier alpha value is -1.49. The quantitative estimate of drug-likeness (QED) is 0.455. The Morgan fingerprint density at radius 1 is 1.22 bits per heavy atom. The number of Topliss-reactive ketones (excluding diaryl/α,β-unsaturated/α-hetero) is 2. The molecule has 0 spiro atoms. The molecule has 0 atom stereocenters.